The van der Waals surface area contributed by atoms with E-state index in [-0.39, 0.29) is 6.03 Å². The zero-order chi connectivity index (χ0) is 12.1. The average Bonchev–Trinajstić information content (AvgIpc) is 2.82. The van der Waals surface area contributed by atoms with Crippen LogP contribution in [-0.4, -0.2) is 11.0 Å². The van der Waals surface area contributed by atoms with Crippen molar-refractivity contribution in [2.45, 2.75) is 13.3 Å². The summed E-state index contributed by atoms with van der Waals surface area (Å²) >= 11 is 1.39. The van der Waals surface area contributed by atoms with Crippen LogP contribution in [0.3, 0.4) is 0 Å². The molecule has 0 aliphatic rings. The Balaban J connectivity index is 2.03. The normalized spacial score (nSPS) is 9.94. The third-order valence-corrected chi connectivity index (χ3v) is 2.99. The Morgan fingerprint density at radius 3 is 2.88 bits per heavy atom. The molecule has 4 nitrogen and oxygen atoms in total. The van der Waals surface area contributed by atoms with Crippen LogP contribution in [0.25, 0.3) is 0 Å². The summed E-state index contributed by atoms with van der Waals surface area (Å²) in [6.45, 7) is 2.05. The molecular formula is C12H13N3OS. The lowest BCUT2D eigenvalue weighted by Gasteiger charge is -2.09. The highest BCUT2D eigenvalue weighted by atomic mass is 32.1. The Hall–Kier alpha value is -1.88. The Morgan fingerprint density at radius 2 is 2.18 bits per heavy atom. The monoisotopic (exact) mass is 247 g/mol. The molecule has 0 saturated carbocycles. The number of aromatic nitrogens is 1. The first kappa shape index (κ1) is 11.6. The predicted octanol–water partition coefficient (Wildman–Crippen LogP) is 3.35. The van der Waals surface area contributed by atoms with E-state index in [1.807, 2.05) is 29.6 Å². The fraction of sp³-hybridized carbons (Fsp3) is 0.167. The van der Waals surface area contributed by atoms with Crippen LogP contribution in [-0.2, 0) is 6.42 Å². The Bertz CT molecular complexity index is 496. The van der Waals surface area contributed by atoms with Gasteiger partial charge < -0.3 is 5.32 Å². The molecule has 2 aromatic rings. The molecule has 0 radical (unpaired) electrons. The number of carbonyl (C=O) groups excluding carboxylic acids is 1. The van der Waals surface area contributed by atoms with Crippen molar-refractivity contribution < 1.29 is 4.79 Å². The maximum Gasteiger partial charge on any atom is 0.325 e. The number of anilines is 2. The smallest absolute Gasteiger partial charge is 0.307 e. The summed E-state index contributed by atoms with van der Waals surface area (Å²) in [6.07, 6.45) is 2.54. The number of para-hydroxylation sites is 1. The number of hydrogen-bond acceptors (Lipinski definition) is 3. The highest BCUT2D eigenvalue weighted by Gasteiger charge is 2.06. The van der Waals surface area contributed by atoms with Gasteiger partial charge in [-0.3, -0.25) is 5.32 Å². The van der Waals surface area contributed by atoms with Gasteiger partial charge in [-0.1, -0.05) is 25.1 Å². The summed E-state index contributed by atoms with van der Waals surface area (Å²) in [5.41, 5.74) is 1.95. The molecule has 2 N–H and O–H groups in total. The zero-order valence-electron chi connectivity index (χ0n) is 9.43. The molecule has 1 aromatic heterocycles. The molecule has 5 heteroatoms. The number of nitrogens with zero attached hydrogens (tertiary/aromatic N) is 1. The van der Waals surface area contributed by atoms with E-state index in [1.165, 1.54) is 11.3 Å². The molecule has 1 aromatic carbocycles. The molecule has 88 valence electrons. The van der Waals surface area contributed by atoms with Crippen LogP contribution in [0.2, 0.25) is 0 Å². The van der Waals surface area contributed by atoms with E-state index in [0.29, 0.717) is 5.13 Å². The average molecular weight is 247 g/mol. The van der Waals surface area contributed by atoms with Crippen molar-refractivity contribution in [3.05, 3.63) is 41.4 Å². The summed E-state index contributed by atoms with van der Waals surface area (Å²) in [6, 6.07) is 7.49. The Kier molecular flexibility index (Phi) is 3.72. The summed E-state index contributed by atoms with van der Waals surface area (Å²) in [7, 11) is 0. The van der Waals surface area contributed by atoms with Crippen molar-refractivity contribution in [3.63, 3.8) is 0 Å². The van der Waals surface area contributed by atoms with Crippen LogP contribution in [0.1, 0.15) is 12.5 Å². The van der Waals surface area contributed by atoms with Crippen molar-refractivity contribution in [2.24, 2.45) is 0 Å². The van der Waals surface area contributed by atoms with Gasteiger partial charge in [0, 0.05) is 17.3 Å². The van der Waals surface area contributed by atoms with Gasteiger partial charge in [0.25, 0.3) is 0 Å². The van der Waals surface area contributed by atoms with Crippen molar-refractivity contribution >= 4 is 28.2 Å². The maximum atomic E-state index is 11.7. The second-order valence-electron chi connectivity index (χ2n) is 3.43. The molecular weight excluding hydrogens is 234 g/mol. The number of amides is 2. The number of aryl methyl sites for hydroxylation is 1. The SMILES string of the molecule is CCc1ccccc1NC(=O)Nc1nccs1. The van der Waals surface area contributed by atoms with Crippen LogP contribution in [0.4, 0.5) is 15.6 Å². The standard InChI is InChI=1S/C12H13N3OS/c1-2-9-5-3-4-6-10(9)14-11(16)15-12-13-7-8-17-12/h3-8H,2H2,1H3,(H2,13,14,15,16). The largest absolute Gasteiger partial charge is 0.325 e. The Labute approximate surface area is 104 Å². The summed E-state index contributed by atoms with van der Waals surface area (Å²) < 4.78 is 0. The Morgan fingerprint density at radius 1 is 1.35 bits per heavy atom. The third-order valence-electron chi connectivity index (χ3n) is 2.30. The van der Waals surface area contributed by atoms with Gasteiger partial charge in [-0.25, -0.2) is 9.78 Å². The van der Waals surface area contributed by atoms with Gasteiger partial charge in [-0.2, -0.15) is 0 Å². The van der Waals surface area contributed by atoms with Crippen LogP contribution >= 0.6 is 11.3 Å². The molecule has 2 rings (SSSR count). The van der Waals surface area contributed by atoms with Gasteiger partial charge in [0.05, 0.1) is 0 Å². The number of urea groups is 1. The van der Waals surface area contributed by atoms with Crippen LogP contribution in [0.15, 0.2) is 35.8 Å². The van der Waals surface area contributed by atoms with Crippen molar-refractivity contribution in [1.29, 1.82) is 0 Å². The number of thiazole rings is 1. The van der Waals surface area contributed by atoms with E-state index in [4.69, 9.17) is 0 Å². The lowest BCUT2D eigenvalue weighted by atomic mass is 10.1. The van der Waals surface area contributed by atoms with E-state index in [1.54, 1.807) is 6.20 Å². The molecule has 0 fully saturated rings. The number of rotatable bonds is 3. The van der Waals surface area contributed by atoms with Gasteiger partial charge in [0.1, 0.15) is 0 Å². The van der Waals surface area contributed by atoms with Crippen LogP contribution in [0, 0.1) is 0 Å². The second kappa shape index (κ2) is 5.45. The summed E-state index contributed by atoms with van der Waals surface area (Å²) in [5, 5.41) is 7.90. The first-order chi connectivity index (χ1) is 8.29. The minimum atomic E-state index is -0.263. The molecule has 17 heavy (non-hydrogen) atoms. The van der Waals surface area contributed by atoms with E-state index < -0.39 is 0 Å². The quantitative estimate of drug-likeness (QED) is 0.873. The first-order valence-electron chi connectivity index (χ1n) is 5.35. The number of hydrogen-bond donors (Lipinski definition) is 2. The molecule has 0 unspecified atom stereocenters. The molecule has 0 bridgehead atoms. The topological polar surface area (TPSA) is 54.0 Å². The maximum absolute atomic E-state index is 11.7. The fourth-order valence-corrected chi connectivity index (χ4v) is 2.01. The van der Waals surface area contributed by atoms with Gasteiger partial charge in [0.2, 0.25) is 0 Å². The predicted molar refractivity (Wildman–Crippen MR) is 70.6 cm³/mol. The number of nitrogens with one attached hydrogen (secondary N) is 2. The minimum absolute atomic E-state index is 0.263. The molecule has 1 heterocycles. The first-order valence-corrected chi connectivity index (χ1v) is 6.23. The van der Waals surface area contributed by atoms with Crippen LogP contribution < -0.4 is 10.6 Å². The molecule has 0 aliphatic heterocycles. The molecule has 0 aliphatic carbocycles. The third kappa shape index (κ3) is 3.04. The minimum Gasteiger partial charge on any atom is -0.307 e. The fourth-order valence-electron chi connectivity index (χ4n) is 1.49. The number of carbonyl (C=O) groups is 1. The summed E-state index contributed by atoms with van der Waals surface area (Å²) in [4.78, 5) is 15.7. The zero-order valence-corrected chi connectivity index (χ0v) is 10.3. The van der Waals surface area contributed by atoms with E-state index in [2.05, 4.69) is 22.5 Å². The lowest BCUT2D eigenvalue weighted by molar-refractivity contribution is 0.262. The molecule has 0 atom stereocenters. The molecule has 0 spiro atoms. The molecule has 0 saturated heterocycles. The van der Waals surface area contributed by atoms with E-state index >= 15 is 0 Å². The van der Waals surface area contributed by atoms with Gasteiger partial charge in [-0.15, -0.1) is 11.3 Å². The summed E-state index contributed by atoms with van der Waals surface area (Å²) in [5.74, 6) is 0. The lowest BCUT2D eigenvalue weighted by Crippen LogP contribution is -2.20. The highest BCUT2D eigenvalue weighted by molar-refractivity contribution is 7.13. The molecule has 2 amide bonds. The number of benzene rings is 1. The van der Waals surface area contributed by atoms with Gasteiger partial charge in [-0.05, 0) is 18.1 Å². The van der Waals surface area contributed by atoms with Crippen molar-refractivity contribution in [2.75, 3.05) is 10.6 Å². The van der Waals surface area contributed by atoms with E-state index in [0.717, 1.165) is 17.7 Å². The van der Waals surface area contributed by atoms with Gasteiger partial charge in [0.15, 0.2) is 5.13 Å². The van der Waals surface area contributed by atoms with Crippen molar-refractivity contribution in [3.8, 4) is 0 Å². The van der Waals surface area contributed by atoms with Crippen LogP contribution in [0.5, 0.6) is 0 Å². The van der Waals surface area contributed by atoms with Crippen molar-refractivity contribution in [1.82, 2.24) is 4.98 Å². The second-order valence-corrected chi connectivity index (χ2v) is 4.32. The van der Waals surface area contributed by atoms with E-state index in [9.17, 15) is 4.79 Å². The van der Waals surface area contributed by atoms with Gasteiger partial charge >= 0.3 is 6.03 Å². The highest BCUT2D eigenvalue weighted by Crippen LogP contribution is 2.16.